The summed E-state index contributed by atoms with van der Waals surface area (Å²) in [5.74, 6) is -0.901. The number of carbonyl (C=O) groups is 2. The molecular formula is C18H10ClNO3. The summed E-state index contributed by atoms with van der Waals surface area (Å²) in [6, 6.07) is 13.5. The molecule has 23 heavy (non-hydrogen) atoms. The van der Waals surface area contributed by atoms with Gasteiger partial charge in [0.1, 0.15) is 5.75 Å². The van der Waals surface area contributed by atoms with E-state index in [-0.39, 0.29) is 5.75 Å². The van der Waals surface area contributed by atoms with Gasteiger partial charge in [-0.05, 0) is 35.4 Å². The van der Waals surface area contributed by atoms with E-state index in [1.807, 2.05) is 0 Å². The molecule has 2 N–H and O–H groups in total. The zero-order chi connectivity index (χ0) is 16.1. The van der Waals surface area contributed by atoms with E-state index in [9.17, 15) is 14.7 Å². The summed E-state index contributed by atoms with van der Waals surface area (Å²) in [5, 5.41) is 14.2. The maximum Gasteiger partial charge on any atom is 0.259 e. The van der Waals surface area contributed by atoms with Gasteiger partial charge in [0.05, 0.1) is 5.56 Å². The van der Waals surface area contributed by atoms with E-state index in [0.29, 0.717) is 32.5 Å². The standard InChI is InChI=1S/C18H10ClNO3/c19-10-6-4-9(5-7-10)13-8-14(21)11-2-1-3-12-15(11)16(13)18(23)20-17(12)22/h1-8,21H,(H,20,22,23). The van der Waals surface area contributed by atoms with Crippen molar-refractivity contribution in [2.24, 2.45) is 0 Å². The molecule has 4 rings (SSSR count). The Balaban J connectivity index is 2.15. The predicted molar refractivity (Wildman–Crippen MR) is 87.9 cm³/mol. The van der Waals surface area contributed by atoms with Gasteiger partial charge < -0.3 is 5.11 Å². The first kappa shape index (κ1) is 13.8. The summed E-state index contributed by atoms with van der Waals surface area (Å²) in [4.78, 5) is 24.5. The first-order chi connectivity index (χ1) is 11.1. The molecule has 0 unspecified atom stereocenters. The molecule has 0 spiro atoms. The Morgan fingerprint density at radius 2 is 1.65 bits per heavy atom. The van der Waals surface area contributed by atoms with Gasteiger partial charge in [0.2, 0.25) is 0 Å². The number of hydrogen-bond donors (Lipinski definition) is 2. The van der Waals surface area contributed by atoms with E-state index in [1.54, 1.807) is 48.5 Å². The average molecular weight is 324 g/mol. The van der Waals surface area contributed by atoms with Gasteiger partial charge in [-0.25, -0.2) is 0 Å². The molecule has 5 heteroatoms. The Morgan fingerprint density at radius 1 is 0.913 bits per heavy atom. The molecule has 1 heterocycles. The van der Waals surface area contributed by atoms with Gasteiger partial charge >= 0.3 is 0 Å². The highest BCUT2D eigenvalue weighted by atomic mass is 35.5. The zero-order valence-corrected chi connectivity index (χ0v) is 12.5. The number of hydrogen-bond acceptors (Lipinski definition) is 3. The Morgan fingerprint density at radius 3 is 2.39 bits per heavy atom. The molecule has 0 aromatic heterocycles. The molecule has 4 nitrogen and oxygen atoms in total. The second-order valence-corrected chi connectivity index (χ2v) is 5.77. The first-order valence-electron chi connectivity index (χ1n) is 6.96. The van der Waals surface area contributed by atoms with Crippen LogP contribution < -0.4 is 5.32 Å². The molecule has 2 amide bonds. The van der Waals surface area contributed by atoms with Gasteiger partial charge in [-0.1, -0.05) is 35.9 Å². The monoisotopic (exact) mass is 323 g/mol. The summed E-state index contributed by atoms with van der Waals surface area (Å²) in [6.07, 6.45) is 0. The van der Waals surface area contributed by atoms with Gasteiger partial charge in [-0.15, -0.1) is 0 Å². The third kappa shape index (κ3) is 1.99. The first-order valence-corrected chi connectivity index (χ1v) is 7.34. The molecule has 0 saturated heterocycles. The number of imide groups is 1. The van der Waals surface area contributed by atoms with Crippen molar-refractivity contribution in [3.8, 4) is 16.9 Å². The molecular weight excluding hydrogens is 314 g/mol. The van der Waals surface area contributed by atoms with Crippen LogP contribution in [0.3, 0.4) is 0 Å². The van der Waals surface area contributed by atoms with Crippen LogP contribution in [-0.4, -0.2) is 16.9 Å². The van der Waals surface area contributed by atoms with Crippen LogP contribution in [-0.2, 0) is 0 Å². The van der Waals surface area contributed by atoms with E-state index in [0.717, 1.165) is 5.56 Å². The van der Waals surface area contributed by atoms with Crippen LogP contribution in [0.4, 0.5) is 0 Å². The smallest absolute Gasteiger partial charge is 0.259 e. The average Bonchev–Trinajstić information content (AvgIpc) is 2.54. The predicted octanol–water partition coefficient (Wildman–Crippen LogP) is 3.75. The highest BCUT2D eigenvalue weighted by molar-refractivity contribution is 6.31. The molecule has 1 aliphatic heterocycles. The number of phenolic OH excluding ortho intramolecular Hbond substituents is 1. The van der Waals surface area contributed by atoms with E-state index in [1.165, 1.54) is 0 Å². The van der Waals surface area contributed by atoms with Gasteiger partial charge in [-0.3, -0.25) is 14.9 Å². The fourth-order valence-electron chi connectivity index (χ4n) is 2.97. The highest BCUT2D eigenvalue weighted by Gasteiger charge is 2.29. The van der Waals surface area contributed by atoms with Crippen molar-refractivity contribution in [1.29, 1.82) is 0 Å². The SMILES string of the molecule is O=C1NC(=O)c2c(-c3ccc(Cl)cc3)cc(O)c3cccc1c23. The van der Waals surface area contributed by atoms with Crippen LogP contribution in [0.1, 0.15) is 20.7 Å². The molecule has 0 atom stereocenters. The second-order valence-electron chi connectivity index (χ2n) is 5.34. The van der Waals surface area contributed by atoms with E-state index < -0.39 is 11.8 Å². The van der Waals surface area contributed by atoms with Crippen molar-refractivity contribution in [2.45, 2.75) is 0 Å². The van der Waals surface area contributed by atoms with Gasteiger partial charge in [0.25, 0.3) is 11.8 Å². The minimum Gasteiger partial charge on any atom is -0.507 e. The fraction of sp³-hybridized carbons (Fsp3) is 0. The lowest BCUT2D eigenvalue weighted by Gasteiger charge is -2.20. The Hall–Kier alpha value is -2.85. The quantitative estimate of drug-likeness (QED) is 0.670. The molecule has 0 aliphatic carbocycles. The summed E-state index contributed by atoms with van der Waals surface area (Å²) in [6.45, 7) is 0. The van der Waals surface area contributed by atoms with Gasteiger partial charge in [-0.2, -0.15) is 0 Å². The molecule has 0 radical (unpaired) electrons. The maximum atomic E-state index is 12.4. The summed E-state index contributed by atoms with van der Waals surface area (Å²) >= 11 is 5.91. The number of aromatic hydroxyl groups is 1. The van der Waals surface area contributed by atoms with E-state index in [4.69, 9.17) is 11.6 Å². The number of nitrogens with one attached hydrogen (secondary N) is 1. The number of phenols is 1. The minimum absolute atomic E-state index is 0.0260. The van der Waals surface area contributed by atoms with Crippen molar-refractivity contribution in [3.63, 3.8) is 0 Å². The van der Waals surface area contributed by atoms with Gasteiger partial charge in [0, 0.05) is 21.4 Å². The van der Waals surface area contributed by atoms with Crippen LogP contribution in [0.25, 0.3) is 21.9 Å². The van der Waals surface area contributed by atoms with Crippen LogP contribution in [0, 0.1) is 0 Å². The molecule has 3 aromatic carbocycles. The van der Waals surface area contributed by atoms with Crippen molar-refractivity contribution in [1.82, 2.24) is 5.32 Å². The van der Waals surface area contributed by atoms with Crippen LogP contribution in [0.5, 0.6) is 5.75 Å². The molecule has 112 valence electrons. The third-order valence-electron chi connectivity index (χ3n) is 3.99. The van der Waals surface area contributed by atoms with Crippen molar-refractivity contribution >= 4 is 34.2 Å². The summed E-state index contributed by atoms with van der Waals surface area (Å²) in [7, 11) is 0. The van der Waals surface area contributed by atoms with Crippen molar-refractivity contribution in [2.75, 3.05) is 0 Å². The molecule has 1 aliphatic rings. The second kappa shape index (κ2) is 4.83. The van der Waals surface area contributed by atoms with E-state index >= 15 is 0 Å². The van der Waals surface area contributed by atoms with Crippen LogP contribution in [0.2, 0.25) is 5.02 Å². The summed E-state index contributed by atoms with van der Waals surface area (Å²) < 4.78 is 0. The van der Waals surface area contributed by atoms with Gasteiger partial charge in [0.15, 0.2) is 0 Å². The topological polar surface area (TPSA) is 66.4 Å². The van der Waals surface area contributed by atoms with Crippen molar-refractivity contribution < 1.29 is 14.7 Å². The molecule has 3 aromatic rings. The Labute approximate surface area is 136 Å². The molecule has 0 fully saturated rings. The van der Waals surface area contributed by atoms with Crippen molar-refractivity contribution in [3.05, 3.63) is 64.7 Å². The molecule has 0 saturated carbocycles. The highest BCUT2D eigenvalue weighted by Crippen LogP contribution is 2.39. The lowest BCUT2D eigenvalue weighted by molar-refractivity contribution is 0.0845. The number of carbonyl (C=O) groups excluding carboxylic acids is 2. The van der Waals surface area contributed by atoms with Crippen LogP contribution in [0.15, 0.2) is 48.5 Å². The largest absolute Gasteiger partial charge is 0.507 e. The maximum absolute atomic E-state index is 12.4. The number of amides is 2. The third-order valence-corrected chi connectivity index (χ3v) is 4.25. The normalized spacial score (nSPS) is 13.3. The number of rotatable bonds is 1. The Kier molecular flexibility index (Phi) is 2.89. The number of benzene rings is 3. The number of halogens is 1. The molecule has 0 bridgehead atoms. The zero-order valence-electron chi connectivity index (χ0n) is 11.8. The fourth-order valence-corrected chi connectivity index (χ4v) is 3.10. The van der Waals surface area contributed by atoms with E-state index in [2.05, 4.69) is 5.32 Å². The summed E-state index contributed by atoms with van der Waals surface area (Å²) in [5.41, 5.74) is 2.06. The lowest BCUT2D eigenvalue weighted by atomic mass is 9.88. The lowest BCUT2D eigenvalue weighted by Crippen LogP contribution is -2.35. The Bertz CT molecular complexity index is 993. The van der Waals surface area contributed by atoms with Crippen LogP contribution >= 0.6 is 11.6 Å². The minimum atomic E-state index is -0.469.